The second kappa shape index (κ2) is 5.70. The fourth-order valence-electron chi connectivity index (χ4n) is 7.45. The Kier molecular flexibility index (Phi) is 3.14. The Hall–Kier alpha value is -3.64. The topological polar surface area (TPSA) is 0 Å². The number of hydrogen-bond donors (Lipinski definition) is 0. The zero-order valence-corrected chi connectivity index (χ0v) is 20.1. The first-order valence-corrected chi connectivity index (χ1v) is 12.4. The van der Waals surface area contributed by atoms with Crippen LogP contribution in [0.25, 0.3) is 54.2 Å². The van der Waals surface area contributed by atoms with Crippen molar-refractivity contribution >= 4 is 43.1 Å². The maximum absolute atomic E-state index is 2.43. The van der Waals surface area contributed by atoms with E-state index < -0.39 is 0 Å². The summed E-state index contributed by atoms with van der Waals surface area (Å²) in [5.41, 5.74) is 8.69. The van der Waals surface area contributed by atoms with E-state index in [4.69, 9.17) is 0 Å². The van der Waals surface area contributed by atoms with E-state index in [9.17, 15) is 0 Å². The molecule has 162 valence electrons. The molecule has 8 rings (SSSR count). The van der Waals surface area contributed by atoms with Crippen molar-refractivity contribution in [1.82, 2.24) is 0 Å². The zero-order valence-electron chi connectivity index (χ0n) is 20.1. The molecular weight excluding hydrogens is 408 g/mol. The highest BCUT2D eigenvalue weighted by atomic mass is 14.5. The molecule has 0 heteroatoms. The van der Waals surface area contributed by atoms with Crippen LogP contribution in [0.15, 0.2) is 84.9 Å². The molecule has 2 aliphatic carbocycles. The molecule has 0 spiro atoms. The lowest BCUT2D eigenvalue weighted by atomic mass is 9.59. The normalized spacial score (nSPS) is 16.7. The minimum atomic E-state index is -0.0847. The molecular formula is C34H26. The molecule has 0 aromatic heterocycles. The highest BCUT2D eigenvalue weighted by Crippen LogP contribution is 2.60. The van der Waals surface area contributed by atoms with E-state index in [1.807, 2.05) is 0 Å². The fraction of sp³-hybridized carbons (Fsp3) is 0.176. The fourth-order valence-corrected chi connectivity index (χ4v) is 7.45. The van der Waals surface area contributed by atoms with Gasteiger partial charge in [0.15, 0.2) is 0 Å². The largest absolute Gasteiger partial charge is 0.0616 e. The van der Waals surface area contributed by atoms with Crippen LogP contribution in [-0.4, -0.2) is 0 Å². The van der Waals surface area contributed by atoms with Crippen LogP contribution in [-0.2, 0) is 10.8 Å². The van der Waals surface area contributed by atoms with E-state index >= 15 is 0 Å². The summed E-state index contributed by atoms with van der Waals surface area (Å²) >= 11 is 0. The molecule has 0 aliphatic heterocycles. The summed E-state index contributed by atoms with van der Waals surface area (Å²) in [6, 6.07) is 32.3. The molecule has 34 heavy (non-hydrogen) atoms. The van der Waals surface area contributed by atoms with E-state index in [-0.39, 0.29) is 10.8 Å². The van der Waals surface area contributed by atoms with Gasteiger partial charge in [-0.25, -0.2) is 0 Å². The number of benzene rings is 6. The van der Waals surface area contributed by atoms with Crippen molar-refractivity contribution in [1.29, 1.82) is 0 Å². The molecule has 6 aromatic carbocycles. The Bertz CT molecular complexity index is 1750. The van der Waals surface area contributed by atoms with Crippen molar-refractivity contribution < 1.29 is 0 Å². The Labute approximate surface area is 199 Å². The van der Waals surface area contributed by atoms with E-state index in [1.165, 1.54) is 76.5 Å². The summed E-state index contributed by atoms with van der Waals surface area (Å²) in [5.74, 6) is 0. The summed E-state index contributed by atoms with van der Waals surface area (Å²) in [6.07, 6.45) is 0. The van der Waals surface area contributed by atoms with Crippen molar-refractivity contribution in [3.8, 4) is 11.1 Å². The molecule has 0 nitrogen and oxygen atoms in total. The molecule has 6 aromatic rings. The maximum Gasteiger partial charge on any atom is 0.0165 e. The smallest absolute Gasteiger partial charge is 0.0165 e. The monoisotopic (exact) mass is 434 g/mol. The van der Waals surface area contributed by atoms with E-state index in [0.29, 0.717) is 0 Å². The van der Waals surface area contributed by atoms with Gasteiger partial charge in [-0.1, -0.05) is 100 Å². The van der Waals surface area contributed by atoms with Crippen LogP contribution in [0, 0.1) is 0 Å². The molecule has 0 N–H and O–H groups in total. The summed E-state index contributed by atoms with van der Waals surface area (Å²) in [5, 5.41) is 11.1. The minimum absolute atomic E-state index is 0.0847. The van der Waals surface area contributed by atoms with Gasteiger partial charge in [0.2, 0.25) is 0 Å². The van der Waals surface area contributed by atoms with Gasteiger partial charge >= 0.3 is 0 Å². The second-order valence-electron chi connectivity index (χ2n) is 11.4. The SMILES string of the molecule is CC1(C)c2ccc3cc4ccccc4c4c3c2-c2c(ccc3cc5ccccc5c1c23)C4(C)C. The average Bonchev–Trinajstić information content (AvgIpc) is 2.83. The third kappa shape index (κ3) is 1.95. The van der Waals surface area contributed by atoms with E-state index in [1.54, 1.807) is 0 Å². The maximum atomic E-state index is 2.43. The summed E-state index contributed by atoms with van der Waals surface area (Å²) < 4.78 is 0. The second-order valence-corrected chi connectivity index (χ2v) is 11.4. The van der Waals surface area contributed by atoms with E-state index in [2.05, 4.69) is 113 Å². The van der Waals surface area contributed by atoms with Gasteiger partial charge in [0.1, 0.15) is 0 Å². The molecule has 2 aliphatic rings. The van der Waals surface area contributed by atoms with Crippen molar-refractivity contribution in [2.75, 3.05) is 0 Å². The van der Waals surface area contributed by atoms with Crippen molar-refractivity contribution in [2.45, 2.75) is 38.5 Å². The number of hydrogen-bond acceptors (Lipinski definition) is 0. The lowest BCUT2D eigenvalue weighted by Crippen LogP contribution is -2.30. The zero-order chi connectivity index (χ0) is 23.0. The van der Waals surface area contributed by atoms with Gasteiger partial charge in [-0.2, -0.15) is 0 Å². The molecule has 0 radical (unpaired) electrons. The van der Waals surface area contributed by atoms with Crippen LogP contribution in [0.1, 0.15) is 49.9 Å². The van der Waals surface area contributed by atoms with Gasteiger partial charge in [-0.05, 0) is 88.6 Å². The van der Waals surface area contributed by atoms with Crippen LogP contribution < -0.4 is 0 Å². The highest BCUT2D eigenvalue weighted by molar-refractivity contribution is 6.21. The molecule has 0 saturated heterocycles. The van der Waals surface area contributed by atoms with Crippen LogP contribution in [0.3, 0.4) is 0 Å². The van der Waals surface area contributed by atoms with Crippen LogP contribution in [0.5, 0.6) is 0 Å². The van der Waals surface area contributed by atoms with Gasteiger partial charge in [-0.15, -0.1) is 0 Å². The number of fused-ring (bicyclic) bond motifs is 4. The third-order valence-electron chi connectivity index (χ3n) is 8.90. The van der Waals surface area contributed by atoms with Gasteiger partial charge in [-0.3, -0.25) is 0 Å². The minimum Gasteiger partial charge on any atom is -0.0616 e. The average molecular weight is 435 g/mol. The van der Waals surface area contributed by atoms with Crippen LogP contribution in [0.2, 0.25) is 0 Å². The first-order valence-electron chi connectivity index (χ1n) is 12.4. The van der Waals surface area contributed by atoms with E-state index in [0.717, 1.165) is 0 Å². The molecule has 0 bridgehead atoms. The molecule has 0 unspecified atom stereocenters. The Morgan fingerprint density at radius 1 is 0.441 bits per heavy atom. The third-order valence-corrected chi connectivity index (χ3v) is 8.90. The summed E-state index contributed by atoms with van der Waals surface area (Å²) in [4.78, 5) is 0. The highest BCUT2D eigenvalue weighted by Gasteiger charge is 2.43. The lowest BCUT2D eigenvalue weighted by Gasteiger charge is -2.44. The standard InChI is InChI=1S/C34H26/c1-33(2)25-15-13-22-18-20-10-6-8-12-24(20)32-28(22)29(25)30-26(34(32,3)4)16-14-21-17-19-9-5-7-11-23(19)31(33)27(21)30/h5-18H,1-4H3. The Morgan fingerprint density at radius 2 is 0.853 bits per heavy atom. The predicted molar refractivity (Wildman–Crippen MR) is 146 cm³/mol. The van der Waals surface area contributed by atoms with Crippen LogP contribution in [0.4, 0.5) is 0 Å². The molecule has 0 saturated carbocycles. The van der Waals surface area contributed by atoms with Crippen LogP contribution >= 0.6 is 0 Å². The quantitative estimate of drug-likeness (QED) is 0.209. The van der Waals surface area contributed by atoms with Crippen molar-refractivity contribution in [2.24, 2.45) is 0 Å². The first kappa shape index (κ1) is 18.7. The Morgan fingerprint density at radius 3 is 1.29 bits per heavy atom. The molecule has 0 amide bonds. The van der Waals surface area contributed by atoms with Gasteiger partial charge < -0.3 is 0 Å². The molecule has 0 heterocycles. The van der Waals surface area contributed by atoms with Gasteiger partial charge in [0.05, 0.1) is 0 Å². The van der Waals surface area contributed by atoms with Crippen molar-refractivity contribution in [3.63, 3.8) is 0 Å². The van der Waals surface area contributed by atoms with Gasteiger partial charge in [0, 0.05) is 10.8 Å². The van der Waals surface area contributed by atoms with Crippen molar-refractivity contribution in [3.05, 3.63) is 107 Å². The lowest BCUT2D eigenvalue weighted by molar-refractivity contribution is 0.633. The first-order chi connectivity index (χ1) is 16.4. The summed E-state index contributed by atoms with van der Waals surface area (Å²) in [7, 11) is 0. The molecule has 0 fully saturated rings. The Balaban J connectivity index is 1.74. The summed E-state index contributed by atoms with van der Waals surface area (Å²) in [6.45, 7) is 9.73. The van der Waals surface area contributed by atoms with Gasteiger partial charge in [0.25, 0.3) is 0 Å². The molecule has 0 atom stereocenters. The predicted octanol–water partition coefficient (Wildman–Crippen LogP) is 9.24. The number of rotatable bonds is 0.